The Bertz CT molecular complexity index is 1560. The Morgan fingerprint density at radius 2 is 2.07 bits per heavy atom. The minimum atomic E-state index is -1.23. The summed E-state index contributed by atoms with van der Waals surface area (Å²) in [6.07, 6.45) is 11.9. The topological polar surface area (TPSA) is 147 Å². The molecule has 0 spiro atoms. The number of imide groups is 1. The van der Waals surface area contributed by atoms with Crippen molar-refractivity contribution in [2.75, 3.05) is 5.32 Å². The molecule has 12 heteroatoms. The van der Waals surface area contributed by atoms with Crippen LogP contribution < -0.4 is 10.6 Å². The largest absolute Gasteiger partial charge is 0.476 e. The summed E-state index contributed by atoms with van der Waals surface area (Å²) in [4.78, 5) is 56.8. The second-order valence-corrected chi connectivity index (χ2v) is 10.9. The van der Waals surface area contributed by atoms with Crippen molar-refractivity contribution in [2.45, 2.75) is 50.1 Å². The van der Waals surface area contributed by atoms with Crippen LogP contribution in [-0.2, 0) is 25.5 Å². The van der Waals surface area contributed by atoms with E-state index in [-0.39, 0.29) is 28.9 Å². The van der Waals surface area contributed by atoms with E-state index in [4.69, 9.17) is 9.47 Å². The van der Waals surface area contributed by atoms with Crippen LogP contribution in [0.1, 0.15) is 53.2 Å². The number of hydrogen-bond acceptors (Lipinski definition) is 8. The molecule has 4 aliphatic rings. The van der Waals surface area contributed by atoms with E-state index in [0.717, 1.165) is 53.1 Å². The molecule has 3 unspecified atom stereocenters. The number of ether oxygens (including phenoxy) is 2. The standard InChI is InChI=1S/C29H26N4O7S/c34-25(32-28-30-20(15-41-28)27(36)37)21(12-18-11-10-16-6-4-5-9-19(16)18)33-26(35)24(31-29(33)38)23-14-39-13-22(40-23)17-7-2-1-3-8-17/h1-2,4-7,9,13-15,18,21,24H,3,8,10-12H2,(H,31,38)(H,36,37)(H,30,32,34). The number of anilines is 1. The summed E-state index contributed by atoms with van der Waals surface area (Å²) < 4.78 is 11.5. The van der Waals surface area contributed by atoms with Gasteiger partial charge in [0.05, 0.1) is 0 Å². The number of benzene rings is 1. The van der Waals surface area contributed by atoms with Crippen LogP contribution in [-0.4, -0.2) is 50.9 Å². The molecule has 2 aromatic rings. The highest BCUT2D eigenvalue weighted by molar-refractivity contribution is 7.14. The predicted molar refractivity (Wildman–Crippen MR) is 148 cm³/mol. The molecule has 0 radical (unpaired) electrons. The van der Waals surface area contributed by atoms with Gasteiger partial charge in [-0.3, -0.25) is 9.59 Å². The van der Waals surface area contributed by atoms with Gasteiger partial charge in [-0.25, -0.2) is 19.5 Å². The number of nitrogens with one attached hydrogen (secondary N) is 2. The number of carboxylic acid groups (broad SMARTS) is 1. The average Bonchev–Trinajstić information content (AvgIpc) is 3.70. The van der Waals surface area contributed by atoms with Crippen molar-refractivity contribution in [3.63, 3.8) is 0 Å². The van der Waals surface area contributed by atoms with E-state index in [9.17, 15) is 24.3 Å². The van der Waals surface area contributed by atoms with E-state index in [2.05, 4.69) is 15.6 Å². The van der Waals surface area contributed by atoms with Crippen LogP contribution in [0.4, 0.5) is 9.93 Å². The summed E-state index contributed by atoms with van der Waals surface area (Å²) >= 11 is 0.946. The lowest BCUT2D eigenvalue weighted by Gasteiger charge is -2.27. The van der Waals surface area contributed by atoms with E-state index in [1.165, 1.54) is 23.5 Å². The number of aromatic carboxylic acids is 1. The van der Waals surface area contributed by atoms with E-state index >= 15 is 0 Å². The quantitative estimate of drug-likeness (QED) is 0.398. The number of aryl methyl sites for hydroxylation is 1. The Hall–Kier alpha value is -4.71. The minimum absolute atomic E-state index is 0.0594. The van der Waals surface area contributed by atoms with Crippen molar-refractivity contribution in [1.82, 2.24) is 15.2 Å². The fourth-order valence-electron chi connectivity index (χ4n) is 5.50. The van der Waals surface area contributed by atoms with Crippen LogP contribution >= 0.6 is 11.3 Å². The summed E-state index contributed by atoms with van der Waals surface area (Å²) in [6.45, 7) is 0. The number of nitrogens with zero attached hydrogens (tertiary/aromatic N) is 2. The first kappa shape index (κ1) is 26.5. The molecular formula is C29H26N4O7S. The minimum Gasteiger partial charge on any atom is -0.476 e. The fourth-order valence-corrected chi connectivity index (χ4v) is 6.19. The molecular weight excluding hydrogens is 548 g/mol. The molecule has 3 heterocycles. The zero-order valence-electron chi connectivity index (χ0n) is 21.7. The molecule has 3 atom stereocenters. The molecule has 41 heavy (non-hydrogen) atoms. The van der Waals surface area contributed by atoms with E-state index < -0.39 is 35.9 Å². The maximum atomic E-state index is 13.8. The molecule has 0 saturated carbocycles. The van der Waals surface area contributed by atoms with Crippen molar-refractivity contribution in [3.8, 4) is 0 Å². The molecule has 6 rings (SSSR count). The van der Waals surface area contributed by atoms with Gasteiger partial charge in [0.25, 0.3) is 5.91 Å². The Morgan fingerprint density at radius 1 is 1.22 bits per heavy atom. The number of allylic oxidation sites excluding steroid dienone is 4. The Balaban J connectivity index is 1.25. The molecule has 1 saturated heterocycles. The lowest BCUT2D eigenvalue weighted by molar-refractivity contribution is -0.134. The van der Waals surface area contributed by atoms with Gasteiger partial charge in [0, 0.05) is 5.38 Å². The van der Waals surface area contributed by atoms with Gasteiger partial charge in [-0.1, -0.05) is 42.5 Å². The maximum Gasteiger partial charge on any atom is 0.355 e. The number of urea groups is 1. The zero-order chi connectivity index (χ0) is 28.5. The molecule has 2 aliphatic heterocycles. The van der Waals surface area contributed by atoms with Crippen LogP contribution in [0.3, 0.4) is 0 Å². The maximum absolute atomic E-state index is 13.8. The van der Waals surface area contributed by atoms with E-state index in [1.807, 2.05) is 42.5 Å². The summed E-state index contributed by atoms with van der Waals surface area (Å²) in [5.41, 5.74) is 2.93. The van der Waals surface area contributed by atoms with Gasteiger partial charge in [-0.15, -0.1) is 11.3 Å². The molecule has 1 fully saturated rings. The Labute approximate surface area is 238 Å². The number of carbonyl (C=O) groups is 4. The zero-order valence-corrected chi connectivity index (χ0v) is 22.6. The second kappa shape index (κ2) is 11.0. The Morgan fingerprint density at radius 3 is 2.85 bits per heavy atom. The number of thiazole rings is 1. The predicted octanol–water partition coefficient (Wildman–Crippen LogP) is 4.19. The highest BCUT2D eigenvalue weighted by atomic mass is 32.1. The molecule has 0 bridgehead atoms. The number of aromatic nitrogens is 1. The third-order valence-corrected chi connectivity index (χ3v) is 8.26. The highest BCUT2D eigenvalue weighted by Crippen LogP contribution is 2.38. The number of rotatable bonds is 8. The van der Waals surface area contributed by atoms with Crippen molar-refractivity contribution < 1.29 is 33.8 Å². The molecule has 4 amide bonds. The highest BCUT2D eigenvalue weighted by Gasteiger charge is 2.48. The van der Waals surface area contributed by atoms with Crippen molar-refractivity contribution in [3.05, 3.63) is 94.3 Å². The lowest BCUT2D eigenvalue weighted by atomic mass is 9.92. The number of carbonyl (C=O) groups excluding carboxylic acids is 3. The molecule has 11 nitrogen and oxygen atoms in total. The normalized spacial score (nSPS) is 22.0. The van der Waals surface area contributed by atoms with Crippen LogP contribution in [0.5, 0.6) is 0 Å². The number of amides is 4. The lowest BCUT2D eigenvalue weighted by Crippen LogP contribution is -2.48. The number of carboxylic acids is 1. The first-order chi connectivity index (χ1) is 19.9. The van der Waals surface area contributed by atoms with E-state index in [1.54, 1.807) is 0 Å². The van der Waals surface area contributed by atoms with Gasteiger partial charge in [0.1, 0.15) is 18.6 Å². The summed E-state index contributed by atoms with van der Waals surface area (Å²) in [6, 6.07) is 4.80. The third kappa shape index (κ3) is 5.25. The van der Waals surface area contributed by atoms with Gasteiger partial charge in [0.2, 0.25) is 5.91 Å². The summed E-state index contributed by atoms with van der Waals surface area (Å²) in [5, 5.41) is 15.8. The summed E-state index contributed by atoms with van der Waals surface area (Å²) in [7, 11) is 0. The average molecular weight is 575 g/mol. The number of hydrogen-bond donors (Lipinski definition) is 3. The van der Waals surface area contributed by atoms with Crippen LogP contribution in [0.2, 0.25) is 0 Å². The van der Waals surface area contributed by atoms with Gasteiger partial charge in [-0.05, 0) is 54.7 Å². The first-order valence-electron chi connectivity index (χ1n) is 13.2. The van der Waals surface area contributed by atoms with Gasteiger partial charge < -0.3 is 25.2 Å². The molecule has 2 aliphatic carbocycles. The number of fused-ring (bicyclic) bond motifs is 1. The first-order valence-corrected chi connectivity index (χ1v) is 14.1. The van der Waals surface area contributed by atoms with Crippen LogP contribution in [0.15, 0.2) is 77.5 Å². The van der Waals surface area contributed by atoms with E-state index in [0.29, 0.717) is 5.76 Å². The van der Waals surface area contributed by atoms with Gasteiger partial charge in [-0.2, -0.15) is 0 Å². The fraction of sp³-hybridized carbons (Fsp3) is 0.276. The SMILES string of the molecule is O=C(O)c1csc(NC(=O)C(CC2CCc3ccccc32)N2C(=O)NC(C3=COC=C(C4=CC=CCC4)O3)C2=O)n1. The molecule has 1 aromatic heterocycles. The van der Waals surface area contributed by atoms with Crippen LogP contribution in [0, 0.1) is 0 Å². The van der Waals surface area contributed by atoms with Crippen molar-refractivity contribution in [1.29, 1.82) is 0 Å². The monoisotopic (exact) mass is 574 g/mol. The van der Waals surface area contributed by atoms with Crippen molar-refractivity contribution in [2.24, 2.45) is 0 Å². The molecule has 1 aromatic carbocycles. The molecule has 210 valence electrons. The Kier molecular flexibility index (Phi) is 7.14. The van der Waals surface area contributed by atoms with Crippen LogP contribution in [0.25, 0.3) is 0 Å². The second-order valence-electron chi connectivity index (χ2n) is 10.0. The smallest absolute Gasteiger partial charge is 0.355 e. The summed E-state index contributed by atoms with van der Waals surface area (Å²) in [5.74, 6) is -2.03. The molecule has 3 N–H and O–H groups in total. The van der Waals surface area contributed by atoms with Gasteiger partial charge in [0.15, 0.2) is 28.4 Å². The van der Waals surface area contributed by atoms with Gasteiger partial charge >= 0.3 is 12.0 Å². The van der Waals surface area contributed by atoms with Crippen molar-refractivity contribution >= 4 is 40.3 Å². The third-order valence-electron chi connectivity index (χ3n) is 7.51.